The SMILES string of the molecule is O=Cc1nc(C(F)F)c(F)cc1[N+](=O)[O-]. The predicted octanol–water partition coefficient (Wildman–Crippen LogP) is 1.88. The third-order valence-corrected chi connectivity index (χ3v) is 1.53. The first kappa shape index (κ1) is 11.1. The fourth-order valence-corrected chi connectivity index (χ4v) is 0.894. The summed E-state index contributed by atoms with van der Waals surface area (Å²) in [5, 5.41) is 10.3. The molecular formula is C7H3F3N2O3. The van der Waals surface area contributed by atoms with Gasteiger partial charge in [0.15, 0.2) is 17.8 Å². The molecule has 80 valence electrons. The maximum atomic E-state index is 12.8. The number of nitrogens with zero attached hydrogens (tertiary/aromatic N) is 2. The molecule has 1 heterocycles. The van der Waals surface area contributed by atoms with Crippen LogP contribution >= 0.6 is 0 Å². The molecule has 0 fully saturated rings. The Labute approximate surface area is 80.7 Å². The first-order valence-corrected chi connectivity index (χ1v) is 3.55. The van der Waals surface area contributed by atoms with Crippen LogP contribution in [0.15, 0.2) is 6.07 Å². The summed E-state index contributed by atoms with van der Waals surface area (Å²) in [6.45, 7) is 0. The second kappa shape index (κ2) is 4.03. The number of alkyl halides is 2. The van der Waals surface area contributed by atoms with E-state index in [1.165, 1.54) is 0 Å². The van der Waals surface area contributed by atoms with Crippen molar-refractivity contribution in [2.45, 2.75) is 6.43 Å². The molecule has 0 saturated heterocycles. The average Bonchev–Trinajstić information content (AvgIpc) is 2.16. The van der Waals surface area contributed by atoms with Crippen molar-refractivity contribution in [3.63, 3.8) is 0 Å². The summed E-state index contributed by atoms with van der Waals surface area (Å²) < 4.78 is 37.0. The maximum Gasteiger partial charge on any atom is 0.301 e. The first-order chi connectivity index (χ1) is 6.97. The van der Waals surface area contributed by atoms with Gasteiger partial charge in [-0.15, -0.1) is 0 Å². The smallest absolute Gasteiger partial charge is 0.296 e. The summed E-state index contributed by atoms with van der Waals surface area (Å²) in [6.07, 6.45) is -3.31. The number of hydrogen-bond donors (Lipinski definition) is 0. The lowest BCUT2D eigenvalue weighted by Gasteiger charge is -2.01. The number of rotatable bonds is 3. The number of pyridine rings is 1. The number of nitro groups is 1. The molecule has 1 rings (SSSR count). The van der Waals surface area contributed by atoms with E-state index >= 15 is 0 Å². The van der Waals surface area contributed by atoms with E-state index in [0.29, 0.717) is 0 Å². The molecule has 1 aromatic heterocycles. The van der Waals surface area contributed by atoms with Gasteiger partial charge in [0.2, 0.25) is 0 Å². The zero-order chi connectivity index (χ0) is 11.6. The largest absolute Gasteiger partial charge is 0.301 e. The number of hydrogen-bond acceptors (Lipinski definition) is 4. The van der Waals surface area contributed by atoms with Gasteiger partial charge in [0.25, 0.3) is 6.43 Å². The molecule has 0 spiro atoms. The molecule has 1 aromatic rings. The molecule has 0 aliphatic rings. The Morgan fingerprint density at radius 1 is 1.53 bits per heavy atom. The molecule has 0 aromatic carbocycles. The third-order valence-electron chi connectivity index (χ3n) is 1.53. The lowest BCUT2D eigenvalue weighted by atomic mass is 10.2. The van der Waals surface area contributed by atoms with E-state index < -0.39 is 34.2 Å². The Morgan fingerprint density at radius 2 is 2.13 bits per heavy atom. The summed E-state index contributed by atoms with van der Waals surface area (Å²) in [7, 11) is 0. The highest BCUT2D eigenvalue weighted by molar-refractivity contribution is 5.78. The summed E-state index contributed by atoms with van der Waals surface area (Å²) in [5.41, 5.74) is -3.04. The highest BCUT2D eigenvalue weighted by Gasteiger charge is 2.23. The third kappa shape index (κ3) is 2.09. The Morgan fingerprint density at radius 3 is 2.53 bits per heavy atom. The van der Waals surface area contributed by atoms with E-state index in [2.05, 4.69) is 4.98 Å². The van der Waals surface area contributed by atoms with Gasteiger partial charge in [0, 0.05) is 0 Å². The molecule has 0 amide bonds. The second-order valence-corrected chi connectivity index (χ2v) is 2.44. The van der Waals surface area contributed by atoms with E-state index in [1.54, 1.807) is 0 Å². The molecule has 5 nitrogen and oxygen atoms in total. The summed E-state index contributed by atoms with van der Waals surface area (Å²) in [4.78, 5) is 22.4. The van der Waals surface area contributed by atoms with E-state index in [9.17, 15) is 28.1 Å². The average molecular weight is 220 g/mol. The number of carbonyl (C=O) groups excluding carboxylic acids is 1. The molecule has 15 heavy (non-hydrogen) atoms. The van der Waals surface area contributed by atoms with Crippen molar-refractivity contribution >= 4 is 12.0 Å². The standard InChI is InChI=1S/C7H3F3N2O3/c8-3-1-5(12(14)15)4(2-13)11-6(3)7(9)10/h1-2,7H. The van der Waals surface area contributed by atoms with E-state index in [-0.39, 0.29) is 12.4 Å². The highest BCUT2D eigenvalue weighted by atomic mass is 19.3. The highest BCUT2D eigenvalue weighted by Crippen LogP contribution is 2.24. The van der Waals surface area contributed by atoms with Crippen LogP contribution in [0, 0.1) is 15.9 Å². The molecule has 0 atom stereocenters. The number of aldehydes is 1. The van der Waals surface area contributed by atoms with E-state index in [4.69, 9.17) is 0 Å². The van der Waals surface area contributed by atoms with Crippen molar-refractivity contribution in [3.8, 4) is 0 Å². The van der Waals surface area contributed by atoms with Crippen molar-refractivity contribution in [1.82, 2.24) is 4.98 Å². The van der Waals surface area contributed by atoms with Crippen LogP contribution in [0.5, 0.6) is 0 Å². The summed E-state index contributed by atoms with van der Waals surface area (Å²) >= 11 is 0. The normalized spacial score (nSPS) is 10.4. The Kier molecular flexibility index (Phi) is 2.98. The van der Waals surface area contributed by atoms with Gasteiger partial charge in [-0.3, -0.25) is 14.9 Å². The predicted molar refractivity (Wildman–Crippen MR) is 41.2 cm³/mol. The molecule has 0 saturated carbocycles. The van der Waals surface area contributed by atoms with E-state index in [1.807, 2.05) is 0 Å². The van der Waals surface area contributed by atoms with Crippen LogP contribution in [0.3, 0.4) is 0 Å². The quantitative estimate of drug-likeness (QED) is 0.442. The van der Waals surface area contributed by atoms with Crippen molar-refractivity contribution in [1.29, 1.82) is 0 Å². The van der Waals surface area contributed by atoms with Crippen LogP contribution < -0.4 is 0 Å². The molecule has 0 unspecified atom stereocenters. The molecule has 0 aliphatic carbocycles. The lowest BCUT2D eigenvalue weighted by Crippen LogP contribution is -2.04. The van der Waals surface area contributed by atoms with Crippen LogP contribution in [-0.2, 0) is 0 Å². The zero-order valence-corrected chi connectivity index (χ0v) is 6.99. The number of halogens is 3. The van der Waals surface area contributed by atoms with Crippen molar-refractivity contribution in [3.05, 3.63) is 33.4 Å². The van der Waals surface area contributed by atoms with Crippen molar-refractivity contribution in [2.24, 2.45) is 0 Å². The van der Waals surface area contributed by atoms with Crippen molar-refractivity contribution in [2.75, 3.05) is 0 Å². The molecule has 0 bridgehead atoms. The van der Waals surface area contributed by atoms with Crippen LogP contribution in [-0.4, -0.2) is 16.2 Å². The molecule has 0 radical (unpaired) electrons. The Hall–Kier alpha value is -1.99. The monoisotopic (exact) mass is 220 g/mol. The minimum Gasteiger partial charge on any atom is -0.296 e. The van der Waals surface area contributed by atoms with Gasteiger partial charge < -0.3 is 0 Å². The molecule has 0 N–H and O–H groups in total. The van der Waals surface area contributed by atoms with Crippen LogP contribution in [0.1, 0.15) is 22.6 Å². The van der Waals surface area contributed by atoms with Crippen LogP contribution in [0.4, 0.5) is 18.9 Å². The van der Waals surface area contributed by atoms with Gasteiger partial charge in [-0.1, -0.05) is 0 Å². The van der Waals surface area contributed by atoms with Gasteiger partial charge in [-0.05, 0) is 0 Å². The van der Waals surface area contributed by atoms with Crippen LogP contribution in [0.2, 0.25) is 0 Å². The topological polar surface area (TPSA) is 73.1 Å². The number of aromatic nitrogens is 1. The second-order valence-electron chi connectivity index (χ2n) is 2.44. The minimum atomic E-state index is -3.23. The summed E-state index contributed by atoms with van der Waals surface area (Å²) in [5.74, 6) is -1.51. The van der Waals surface area contributed by atoms with Gasteiger partial charge in [-0.25, -0.2) is 18.2 Å². The number of carbonyl (C=O) groups is 1. The Balaban J connectivity index is 3.42. The van der Waals surface area contributed by atoms with Crippen molar-refractivity contribution < 1.29 is 22.9 Å². The van der Waals surface area contributed by atoms with Crippen LogP contribution in [0.25, 0.3) is 0 Å². The lowest BCUT2D eigenvalue weighted by molar-refractivity contribution is -0.385. The zero-order valence-electron chi connectivity index (χ0n) is 6.99. The minimum absolute atomic E-state index is 0.0799. The van der Waals surface area contributed by atoms with Gasteiger partial charge in [0.1, 0.15) is 5.69 Å². The maximum absolute atomic E-state index is 12.8. The molecule has 0 aliphatic heterocycles. The Bertz CT molecular complexity index is 422. The van der Waals surface area contributed by atoms with Gasteiger partial charge in [0.05, 0.1) is 11.0 Å². The summed E-state index contributed by atoms with van der Waals surface area (Å²) in [6, 6.07) is 0.248. The van der Waals surface area contributed by atoms with Gasteiger partial charge in [-0.2, -0.15) is 0 Å². The fourth-order valence-electron chi connectivity index (χ4n) is 0.894. The van der Waals surface area contributed by atoms with Gasteiger partial charge >= 0.3 is 5.69 Å². The van der Waals surface area contributed by atoms with E-state index in [0.717, 1.165) is 0 Å². The molecular weight excluding hydrogens is 217 g/mol. The molecule has 8 heteroatoms. The first-order valence-electron chi connectivity index (χ1n) is 3.55. The fraction of sp³-hybridized carbons (Fsp3) is 0.143.